The number of amides is 1. The lowest BCUT2D eigenvalue weighted by molar-refractivity contribution is 0.0981. The topological polar surface area (TPSA) is 45.7 Å². The highest BCUT2D eigenvalue weighted by molar-refractivity contribution is 7.99. The quantitative estimate of drug-likeness (QED) is 0.332. The Morgan fingerprint density at radius 1 is 1.13 bits per heavy atom. The van der Waals surface area contributed by atoms with E-state index in [0.717, 1.165) is 35.0 Å². The zero-order valence-corrected chi connectivity index (χ0v) is 20.7. The van der Waals surface area contributed by atoms with Crippen molar-refractivity contribution in [1.29, 1.82) is 0 Å². The molecule has 0 atom stereocenters. The molecule has 2 aromatic carbocycles. The van der Waals surface area contributed by atoms with Crippen LogP contribution >= 0.6 is 34.7 Å². The third-order valence-corrected chi connectivity index (χ3v) is 7.59. The van der Waals surface area contributed by atoms with Gasteiger partial charge in [0.15, 0.2) is 5.13 Å². The van der Waals surface area contributed by atoms with Crippen LogP contribution in [0.4, 0.5) is 5.13 Å². The zero-order chi connectivity index (χ0) is 22.4. The Hall–Kier alpha value is -1.80. The summed E-state index contributed by atoms with van der Waals surface area (Å²) in [6, 6.07) is 11.4. The number of hydrogen-bond donors (Lipinski definition) is 0. The Morgan fingerprint density at radius 3 is 2.55 bits per heavy atom. The molecule has 5 nitrogen and oxygen atoms in total. The number of halogens is 1. The first-order chi connectivity index (χ1) is 15.0. The number of ether oxygens (including phenoxy) is 1. The maximum Gasteiger partial charge on any atom is 0.261 e. The van der Waals surface area contributed by atoms with Gasteiger partial charge >= 0.3 is 0 Å². The second-order valence-corrected chi connectivity index (χ2v) is 9.53. The Morgan fingerprint density at radius 2 is 1.87 bits per heavy atom. The molecule has 0 fully saturated rings. The van der Waals surface area contributed by atoms with Crippen LogP contribution in [-0.4, -0.2) is 54.8 Å². The first-order valence-corrected chi connectivity index (χ1v) is 12.6. The van der Waals surface area contributed by atoms with E-state index in [-0.39, 0.29) is 5.91 Å². The number of hydrogen-bond acceptors (Lipinski definition) is 6. The molecule has 0 aliphatic heterocycles. The van der Waals surface area contributed by atoms with Gasteiger partial charge in [0, 0.05) is 18.0 Å². The predicted octanol–water partition coefficient (Wildman–Crippen LogP) is 6.06. The van der Waals surface area contributed by atoms with Crippen LogP contribution in [-0.2, 0) is 0 Å². The number of carbonyl (C=O) groups excluding carboxylic acids is 1. The Kier molecular flexibility index (Phi) is 8.60. The van der Waals surface area contributed by atoms with E-state index in [0.29, 0.717) is 33.5 Å². The summed E-state index contributed by atoms with van der Waals surface area (Å²) in [5.41, 5.74) is 1.39. The van der Waals surface area contributed by atoms with Crippen molar-refractivity contribution in [2.75, 3.05) is 43.9 Å². The first kappa shape index (κ1) is 23.9. The minimum Gasteiger partial charge on any atom is -0.494 e. The lowest BCUT2D eigenvalue weighted by atomic mass is 10.2. The number of methoxy groups -OCH3 is 1. The number of carbonyl (C=O) groups is 1. The van der Waals surface area contributed by atoms with E-state index in [9.17, 15) is 4.79 Å². The average molecular weight is 478 g/mol. The van der Waals surface area contributed by atoms with E-state index in [1.54, 1.807) is 29.8 Å². The molecule has 3 aromatic rings. The number of likely N-dealkylation sites (N-methyl/N-ethyl adjacent to an activating group) is 1. The maximum atomic E-state index is 13.7. The van der Waals surface area contributed by atoms with Crippen molar-refractivity contribution in [3.63, 3.8) is 0 Å². The van der Waals surface area contributed by atoms with Crippen molar-refractivity contribution in [2.45, 2.75) is 25.7 Å². The predicted molar refractivity (Wildman–Crippen MR) is 133 cm³/mol. The number of nitrogens with zero attached hydrogens (tertiary/aromatic N) is 3. The van der Waals surface area contributed by atoms with Gasteiger partial charge in [-0.15, -0.1) is 11.8 Å². The fraction of sp³-hybridized carbons (Fsp3) is 0.391. The van der Waals surface area contributed by atoms with Crippen LogP contribution < -0.4 is 9.64 Å². The van der Waals surface area contributed by atoms with Crippen LogP contribution in [0.25, 0.3) is 10.2 Å². The lowest BCUT2D eigenvalue weighted by Crippen LogP contribution is -2.39. The zero-order valence-electron chi connectivity index (χ0n) is 18.4. The Bertz CT molecular complexity index is 1040. The summed E-state index contributed by atoms with van der Waals surface area (Å²) in [5.74, 6) is 1.51. The molecule has 0 bridgehead atoms. The summed E-state index contributed by atoms with van der Waals surface area (Å²) in [5, 5.41) is 1.24. The van der Waals surface area contributed by atoms with Gasteiger partial charge in [-0.05, 0) is 43.1 Å². The van der Waals surface area contributed by atoms with Gasteiger partial charge in [0.1, 0.15) is 11.3 Å². The van der Waals surface area contributed by atoms with Gasteiger partial charge in [-0.1, -0.05) is 55.8 Å². The third-order valence-electron chi connectivity index (χ3n) is 5.09. The van der Waals surface area contributed by atoms with Gasteiger partial charge in [-0.25, -0.2) is 4.98 Å². The molecular weight excluding hydrogens is 450 g/mol. The largest absolute Gasteiger partial charge is 0.494 e. The van der Waals surface area contributed by atoms with Gasteiger partial charge in [0.05, 0.1) is 22.4 Å². The van der Waals surface area contributed by atoms with Crippen LogP contribution in [0.1, 0.15) is 31.1 Å². The highest BCUT2D eigenvalue weighted by Gasteiger charge is 2.25. The summed E-state index contributed by atoms with van der Waals surface area (Å²) in [6.45, 7) is 9.52. The third kappa shape index (κ3) is 5.34. The normalized spacial score (nSPS) is 11.3. The minimum absolute atomic E-state index is 0.0437. The Balaban J connectivity index is 2.06. The Labute approximate surface area is 197 Å². The van der Waals surface area contributed by atoms with Crippen LogP contribution in [0, 0.1) is 0 Å². The fourth-order valence-corrected chi connectivity index (χ4v) is 5.43. The highest BCUT2D eigenvalue weighted by Crippen LogP contribution is 2.39. The smallest absolute Gasteiger partial charge is 0.261 e. The van der Waals surface area contributed by atoms with E-state index in [1.807, 2.05) is 30.3 Å². The molecule has 3 rings (SSSR count). The van der Waals surface area contributed by atoms with E-state index >= 15 is 0 Å². The number of benzene rings is 2. The van der Waals surface area contributed by atoms with Gasteiger partial charge in [-0.3, -0.25) is 9.69 Å². The summed E-state index contributed by atoms with van der Waals surface area (Å²) < 4.78 is 6.30. The van der Waals surface area contributed by atoms with Crippen LogP contribution in [0.15, 0.2) is 41.3 Å². The molecule has 0 aliphatic carbocycles. The molecule has 0 N–H and O–H groups in total. The monoisotopic (exact) mass is 477 g/mol. The number of thiazole rings is 1. The number of aromatic nitrogens is 1. The molecule has 0 aliphatic rings. The number of thioether (sulfide) groups is 1. The van der Waals surface area contributed by atoms with Gasteiger partial charge in [0.25, 0.3) is 5.91 Å². The molecular formula is C23H28ClN3O2S2. The molecule has 0 unspecified atom stereocenters. The molecule has 1 amide bonds. The molecule has 166 valence electrons. The molecule has 0 spiro atoms. The second kappa shape index (κ2) is 11.2. The number of fused-ring (bicyclic) bond motifs is 1. The summed E-state index contributed by atoms with van der Waals surface area (Å²) in [4.78, 5) is 23.6. The van der Waals surface area contributed by atoms with E-state index in [2.05, 4.69) is 25.7 Å². The molecule has 31 heavy (non-hydrogen) atoms. The van der Waals surface area contributed by atoms with Gasteiger partial charge in [0.2, 0.25) is 0 Å². The molecule has 8 heteroatoms. The van der Waals surface area contributed by atoms with Crippen molar-refractivity contribution < 1.29 is 9.53 Å². The minimum atomic E-state index is -0.0437. The summed E-state index contributed by atoms with van der Waals surface area (Å²) in [7, 11) is 1.61. The molecule has 1 aromatic heterocycles. The highest BCUT2D eigenvalue weighted by atomic mass is 35.5. The fourth-order valence-electron chi connectivity index (χ4n) is 3.36. The van der Waals surface area contributed by atoms with Crippen molar-refractivity contribution in [2.24, 2.45) is 0 Å². The van der Waals surface area contributed by atoms with Gasteiger partial charge < -0.3 is 9.64 Å². The summed E-state index contributed by atoms with van der Waals surface area (Å²) in [6.07, 6.45) is 0. The second-order valence-electron chi connectivity index (χ2n) is 6.84. The van der Waals surface area contributed by atoms with Crippen molar-refractivity contribution >= 4 is 56.0 Å². The standard InChI is InChI=1S/C23H28ClN3O2S2/c1-5-26(6-2)14-15-27(22(28)16-10-8-9-11-19(16)30-7-3)23-25-20-18(29-4)13-12-17(24)21(20)31-23/h8-13H,5-7,14-15H2,1-4H3. The molecule has 1 heterocycles. The van der Waals surface area contributed by atoms with E-state index in [1.165, 1.54) is 11.3 Å². The maximum absolute atomic E-state index is 13.7. The van der Waals surface area contributed by atoms with Gasteiger partial charge in [-0.2, -0.15) is 0 Å². The molecule has 0 radical (unpaired) electrons. The number of rotatable bonds is 10. The SMILES string of the molecule is CCSc1ccccc1C(=O)N(CCN(CC)CC)c1nc2c(OC)ccc(Cl)c2s1. The average Bonchev–Trinajstić information content (AvgIpc) is 3.23. The number of anilines is 1. The van der Waals surface area contributed by atoms with Crippen LogP contribution in [0.5, 0.6) is 5.75 Å². The molecule has 0 saturated heterocycles. The summed E-state index contributed by atoms with van der Waals surface area (Å²) >= 11 is 9.54. The van der Waals surface area contributed by atoms with Crippen LogP contribution in [0.2, 0.25) is 5.02 Å². The lowest BCUT2D eigenvalue weighted by Gasteiger charge is -2.25. The van der Waals surface area contributed by atoms with Crippen molar-refractivity contribution in [3.8, 4) is 5.75 Å². The van der Waals surface area contributed by atoms with Crippen molar-refractivity contribution in [1.82, 2.24) is 9.88 Å². The van der Waals surface area contributed by atoms with Crippen molar-refractivity contribution in [3.05, 3.63) is 47.0 Å². The van der Waals surface area contributed by atoms with E-state index in [4.69, 9.17) is 21.3 Å². The van der Waals surface area contributed by atoms with Crippen LogP contribution in [0.3, 0.4) is 0 Å². The first-order valence-electron chi connectivity index (χ1n) is 10.4. The van der Waals surface area contributed by atoms with E-state index < -0.39 is 0 Å². The molecule has 0 saturated carbocycles.